The van der Waals surface area contributed by atoms with E-state index in [9.17, 15) is 4.79 Å². The Morgan fingerprint density at radius 1 is 1.03 bits per heavy atom. The van der Waals surface area contributed by atoms with E-state index in [2.05, 4.69) is 12.2 Å². The molecule has 1 fully saturated rings. The van der Waals surface area contributed by atoms with Crippen molar-refractivity contribution in [2.75, 3.05) is 32.8 Å². The van der Waals surface area contributed by atoms with Crippen LogP contribution < -0.4 is 10.1 Å². The van der Waals surface area contributed by atoms with Gasteiger partial charge in [-0.25, -0.2) is 4.98 Å². The minimum atomic E-state index is 0.106. The van der Waals surface area contributed by atoms with Crippen molar-refractivity contribution < 1.29 is 9.53 Å². The average molecular weight is 432 g/mol. The molecule has 5 heteroatoms. The van der Waals surface area contributed by atoms with Crippen LogP contribution in [-0.2, 0) is 0 Å². The van der Waals surface area contributed by atoms with Gasteiger partial charge < -0.3 is 15.0 Å². The first kappa shape index (κ1) is 22.3. The van der Waals surface area contributed by atoms with Crippen LogP contribution in [0.5, 0.6) is 5.75 Å². The predicted molar refractivity (Wildman–Crippen MR) is 130 cm³/mol. The first-order chi connectivity index (χ1) is 15.8. The Labute approximate surface area is 190 Å². The molecule has 0 saturated carbocycles. The number of ether oxygens (including phenoxy) is 1. The molecular formula is C27H33N3O2. The highest BCUT2D eigenvalue weighted by Crippen LogP contribution is 2.28. The Hall–Kier alpha value is -2.92. The molecule has 4 rings (SSSR count). The highest BCUT2D eigenvalue weighted by Gasteiger charge is 2.22. The van der Waals surface area contributed by atoms with Crippen molar-refractivity contribution in [3.05, 3.63) is 60.2 Å². The van der Waals surface area contributed by atoms with Crippen LogP contribution in [0, 0.1) is 0 Å². The SMILES string of the molecule is CCCCNCCCOc1ccc(-c2cc(C(=O)N3CCCC3)c3ccccc3n2)cc1. The number of aromatic nitrogens is 1. The molecule has 3 aromatic rings. The van der Waals surface area contributed by atoms with Crippen molar-refractivity contribution in [1.82, 2.24) is 15.2 Å². The number of benzene rings is 2. The van der Waals surface area contributed by atoms with Gasteiger partial charge in [0.15, 0.2) is 0 Å². The molecule has 1 amide bonds. The Balaban J connectivity index is 1.46. The highest BCUT2D eigenvalue weighted by molar-refractivity contribution is 6.07. The van der Waals surface area contributed by atoms with Crippen LogP contribution >= 0.6 is 0 Å². The van der Waals surface area contributed by atoms with Gasteiger partial charge in [-0.1, -0.05) is 31.5 Å². The van der Waals surface area contributed by atoms with E-state index >= 15 is 0 Å². The fourth-order valence-corrected chi connectivity index (χ4v) is 4.13. The number of hydrogen-bond donors (Lipinski definition) is 1. The molecule has 2 heterocycles. The predicted octanol–water partition coefficient (Wildman–Crippen LogP) is 5.30. The van der Waals surface area contributed by atoms with Crippen LogP contribution in [0.2, 0.25) is 0 Å². The highest BCUT2D eigenvalue weighted by atomic mass is 16.5. The lowest BCUT2D eigenvalue weighted by atomic mass is 10.0. The molecule has 0 radical (unpaired) electrons. The third-order valence-corrected chi connectivity index (χ3v) is 5.96. The molecule has 1 saturated heterocycles. The van der Waals surface area contributed by atoms with Crippen molar-refractivity contribution in [2.45, 2.75) is 39.0 Å². The van der Waals surface area contributed by atoms with Crippen LogP contribution in [0.4, 0.5) is 0 Å². The van der Waals surface area contributed by atoms with Crippen molar-refractivity contribution in [3.8, 4) is 17.0 Å². The third kappa shape index (κ3) is 5.46. The van der Waals surface area contributed by atoms with Crippen molar-refractivity contribution in [3.63, 3.8) is 0 Å². The van der Waals surface area contributed by atoms with Crippen molar-refractivity contribution >= 4 is 16.8 Å². The lowest BCUT2D eigenvalue weighted by Gasteiger charge is -2.17. The average Bonchev–Trinajstić information content (AvgIpc) is 3.38. The number of carbonyl (C=O) groups excluding carboxylic acids is 1. The van der Waals surface area contributed by atoms with E-state index in [0.717, 1.165) is 78.9 Å². The molecule has 1 aliphatic heterocycles. The van der Waals surface area contributed by atoms with Gasteiger partial charge in [0, 0.05) is 24.0 Å². The normalized spacial score (nSPS) is 13.6. The van der Waals surface area contributed by atoms with Gasteiger partial charge in [0.05, 0.1) is 23.4 Å². The number of nitrogens with zero attached hydrogens (tertiary/aromatic N) is 2. The number of unbranched alkanes of at least 4 members (excludes halogenated alkanes) is 1. The van der Waals surface area contributed by atoms with Gasteiger partial charge in [0.25, 0.3) is 5.91 Å². The lowest BCUT2D eigenvalue weighted by molar-refractivity contribution is 0.0794. The largest absolute Gasteiger partial charge is 0.494 e. The molecule has 168 valence electrons. The number of fused-ring (bicyclic) bond motifs is 1. The summed E-state index contributed by atoms with van der Waals surface area (Å²) >= 11 is 0. The van der Waals surface area contributed by atoms with Crippen LogP contribution in [-0.4, -0.2) is 48.6 Å². The number of amides is 1. The Kier molecular flexibility index (Phi) is 7.73. The molecule has 0 atom stereocenters. The molecule has 32 heavy (non-hydrogen) atoms. The van der Waals surface area contributed by atoms with Gasteiger partial charge in [-0.15, -0.1) is 0 Å². The first-order valence-electron chi connectivity index (χ1n) is 11.9. The zero-order chi connectivity index (χ0) is 22.2. The molecule has 0 spiro atoms. The Morgan fingerprint density at radius 2 is 1.78 bits per heavy atom. The zero-order valence-corrected chi connectivity index (χ0v) is 19.0. The van der Waals surface area contributed by atoms with E-state index in [4.69, 9.17) is 9.72 Å². The molecule has 0 bridgehead atoms. The summed E-state index contributed by atoms with van der Waals surface area (Å²) < 4.78 is 5.88. The Morgan fingerprint density at radius 3 is 2.56 bits per heavy atom. The fourth-order valence-electron chi connectivity index (χ4n) is 4.13. The molecule has 1 aliphatic rings. The quantitative estimate of drug-likeness (QED) is 0.443. The second-order valence-corrected chi connectivity index (χ2v) is 8.40. The van der Waals surface area contributed by atoms with Gasteiger partial charge in [-0.05, 0) is 75.2 Å². The minimum absolute atomic E-state index is 0.106. The maximum atomic E-state index is 13.2. The van der Waals surface area contributed by atoms with E-state index in [0.29, 0.717) is 6.61 Å². The van der Waals surface area contributed by atoms with Crippen LogP contribution in [0.1, 0.15) is 49.4 Å². The van der Waals surface area contributed by atoms with E-state index in [1.807, 2.05) is 59.5 Å². The zero-order valence-electron chi connectivity index (χ0n) is 19.0. The smallest absolute Gasteiger partial charge is 0.254 e. The second-order valence-electron chi connectivity index (χ2n) is 8.40. The second kappa shape index (κ2) is 11.1. The Bertz CT molecular complexity index is 1030. The maximum Gasteiger partial charge on any atom is 0.254 e. The summed E-state index contributed by atoms with van der Waals surface area (Å²) in [6, 6.07) is 17.9. The van der Waals surface area contributed by atoms with Gasteiger partial charge in [0.1, 0.15) is 5.75 Å². The third-order valence-electron chi connectivity index (χ3n) is 5.96. The van der Waals surface area contributed by atoms with Crippen molar-refractivity contribution in [2.24, 2.45) is 0 Å². The molecule has 1 N–H and O–H groups in total. The summed E-state index contributed by atoms with van der Waals surface area (Å²) in [6.45, 7) is 6.63. The van der Waals surface area contributed by atoms with E-state index in [-0.39, 0.29) is 5.91 Å². The van der Waals surface area contributed by atoms with E-state index in [1.165, 1.54) is 12.8 Å². The van der Waals surface area contributed by atoms with E-state index in [1.54, 1.807) is 0 Å². The molecule has 5 nitrogen and oxygen atoms in total. The molecule has 2 aromatic carbocycles. The number of pyridine rings is 1. The molecular weight excluding hydrogens is 398 g/mol. The van der Waals surface area contributed by atoms with Crippen LogP contribution in [0.25, 0.3) is 22.2 Å². The topological polar surface area (TPSA) is 54.5 Å². The summed E-state index contributed by atoms with van der Waals surface area (Å²) in [6.07, 6.45) is 5.59. The lowest BCUT2D eigenvalue weighted by Crippen LogP contribution is -2.27. The summed E-state index contributed by atoms with van der Waals surface area (Å²) in [5, 5.41) is 4.35. The number of likely N-dealkylation sites (tertiary alicyclic amines) is 1. The van der Waals surface area contributed by atoms with Crippen molar-refractivity contribution in [1.29, 1.82) is 0 Å². The number of nitrogens with one attached hydrogen (secondary N) is 1. The molecule has 0 aliphatic carbocycles. The standard InChI is InChI=1S/C27H33N3O2/c1-2-3-15-28-16-8-19-32-22-13-11-21(12-14-22)26-20-24(27(31)30-17-6-7-18-30)23-9-4-5-10-25(23)29-26/h4-5,9-14,20,28H,2-3,6-8,15-19H2,1H3. The number of para-hydroxylation sites is 1. The fraction of sp³-hybridized carbons (Fsp3) is 0.407. The first-order valence-corrected chi connectivity index (χ1v) is 11.9. The number of hydrogen-bond acceptors (Lipinski definition) is 4. The van der Waals surface area contributed by atoms with Gasteiger partial charge in [0.2, 0.25) is 0 Å². The van der Waals surface area contributed by atoms with Gasteiger partial charge >= 0.3 is 0 Å². The van der Waals surface area contributed by atoms with Crippen LogP contribution in [0.15, 0.2) is 54.6 Å². The number of carbonyl (C=O) groups is 1. The monoisotopic (exact) mass is 431 g/mol. The number of rotatable bonds is 10. The van der Waals surface area contributed by atoms with E-state index < -0.39 is 0 Å². The summed E-state index contributed by atoms with van der Waals surface area (Å²) in [4.78, 5) is 20.0. The van der Waals surface area contributed by atoms with Crippen LogP contribution in [0.3, 0.4) is 0 Å². The summed E-state index contributed by atoms with van der Waals surface area (Å²) in [5.74, 6) is 0.964. The molecule has 1 aromatic heterocycles. The molecule has 0 unspecified atom stereocenters. The van der Waals surface area contributed by atoms with Gasteiger partial charge in [-0.2, -0.15) is 0 Å². The minimum Gasteiger partial charge on any atom is -0.494 e. The van der Waals surface area contributed by atoms with Gasteiger partial charge in [-0.3, -0.25) is 4.79 Å². The maximum absolute atomic E-state index is 13.2. The summed E-state index contributed by atoms with van der Waals surface area (Å²) in [7, 11) is 0. The summed E-state index contributed by atoms with van der Waals surface area (Å²) in [5.41, 5.74) is 3.39.